The van der Waals surface area contributed by atoms with Gasteiger partial charge < -0.3 is 10.4 Å². The number of hydrogen-bond acceptors (Lipinski definition) is 2. The summed E-state index contributed by atoms with van der Waals surface area (Å²) in [4.78, 5) is 0. The van der Waals surface area contributed by atoms with E-state index in [9.17, 15) is 0 Å². The van der Waals surface area contributed by atoms with E-state index in [1.807, 2.05) is 13.1 Å². The Morgan fingerprint density at radius 1 is 1.36 bits per heavy atom. The van der Waals surface area contributed by atoms with Crippen LogP contribution in [-0.4, -0.2) is 32.4 Å². The summed E-state index contributed by atoms with van der Waals surface area (Å²) < 4.78 is 6.17. The zero-order chi connectivity index (χ0) is 11.9. The van der Waals surface area contributed by atoms with E-state index < -0.39 is 0 Å². The first-order valence-electron chi connectivity index (χ1n) is 5.18. The molecule has 1 aromatic rings. The van der Waals surface area contributed by atoms with Gasteiger partial charge in [-0.1, -0.05) is 37.0 Å². The molecule has 0 saturated carbocycles. The van der Waals surface area contributed by atoms with E-state index in [4.69, 9.17) is 6.48 Å². The van der Waals surface area contributed by atoms with Crippen LogP contribution in [0.2, 0.25) is 0 Å². The second-order valence-corrected chi connectivity index (χ2v) is 2.34. The highest BCUT2D eigenvalue weighted by Crippen LogP contribution is 1.97. The Labute approximate surface area is 91.3 Å². The minimum absolute atomic E-state index is 0.417. The molecule has 0 heterocycles. The van der Waals surface area contributed by atoms with E-state index in [-0.39, 0.29) is 0 Å². The van der Waals surface area contributed by atoms with Crippen LogP contribution in [0.25, 0.3) is 0 Å². The number of rotatable bonds is 3. The van der Waals surface area contributed by atoms with E-state index in [0.29, 0.717) is 6.64 Å². The molecule has 2 nitrogen and oxygen atoms in total. The van der Waals surface area contributed by atoms with E-state index >= 15 is 0 Å². The third-order valence-corrected chi connectivity index (χ3v) is 1.51. The molecule has 0 bridgehead atoms. The van der Waals surface area contributed by atoms with Gasteiger partial charge in [0.25, 0.3) is 0 Å². The molecule has 3 heteroatoms. The summed E-state index contributed by atoms with van der Waals surface area (Å²) in [7, 11) is 5.22. The Hall–Kier alpha value is -0.430. The third kappa shape index (κ3) is 9.66. The predicted molar refractivity (Wildman–Crippen MR) is 67.8 cm³/mol. The molecule has 14 heavy (non-hydrogen) atoms. The van der Waals surface area contributed by atoms with Crippen LogP contribution >= 0.6 is 9.24 Å². The Kier molecular flexibility index (Phi) is 14.6. The maximum atomic E-state index is 7.00. The van der Waals surface area contributed by atoms with Gasteiger partial charge in [-0.3, -0.25) is 0 Å². The quantitative estimate of drug-likeness (QED) is 0.753. The second-order valence-electron chi connectivity index (χ2n) is 2.34. The lowest BCUT2D eigenvalue weighted by Gasteiger charge is -1.97. The molecule has 0 saturated heterocycles. The molecular formula is C11H22NOP. The molecule has 0 fully saturated rings. The Balaban J connectivity index is 0. The maximum Gasteiger partial charge on any atom is 0.0319 e. The van der Waals surface area contributed by atoms with Crippen LogP contribution in [0, 0.1) is 0 Å². The molecule has 1 aromatic carbocycles. The van der Waals surface area contributed by atoms with Crippen LogP contribution in [0.4, 0.5) is 0 Å². The van der Waals surface area contributed by atoms with Crippen molar-refractivity contribution in [2.75, 3.05) is 27.3 Å². The van der Waals surface area contributed by atoms with Crippen LogP contribution in [-0.2, 0) is 6.42 Å². The SMILES string of the molecule is CNCCc1ccccc1.CO.[3H]CP. The van der Waals surface area contributed by atoms with Crippen LogP contribution in [0.5, 0.6) is 0 Å². The van der Waals surface area contributed by atoms with Crippen molar-refractivity contribution in [3.63, 3.8) is 0 Å². The van der Waals surface area contributed by atoms with Crippen LogP contribution in [0.3, 0.4) is 0 Å². The van der Waals surface area contributed by atoms with Crippen LogP contribution in [0.15, 0.2) is 30.3 Å². The van der Waals surface area contributed by atoms with Gasteiger partial charge in [-0.05, 0) is 25.6 Å². The van der Waals surface area contributed by atoms with Gasteiger partial charge in [0.05, 0.1) is 0 Å². The highest BCUT2D eigenvalue weighted by molar-refractivity contribution is 7.15. The molecule has 0 spiro atoms. The van der Waals surface area contributed by atoms with Gasteiger partial charge in [-0.15, -0.1) is 9.24 Å². The van der Waals surface area contributed by atoms with Gasteiger partial charge in [-0.2, -0.15) is 0 Å². The van der Waals surface area contributed by atoms with Crippen molar-refractivity contribution in [2.45, 2.75) is 6.42 Å². The molecule has 0 aromatic heterocycles. The Morgan fingerprint density at radius 2 is 1.86 bits per heavy atom. The summed E-state index contributed by atoms with van der Waals surface area (Å²) in [5.74, 6) is 0. The summed E-state index contributed by atoms with van der Waals surface area (Å²) in [5.41, 5.74) is 1.40. The Bertz CT molecular complexity index is 197. The molecule has 82 valence electrons. The standard InChI is InChI=1S/C9H13N.CH4O.CH5P/c1-10-8-7-9-5-3-2-4-6-9;2*1-2/h2-6,10H,7-8H2,1H3;2H,1H3;2H2,1H3/i;;1T. The minimum atomic E-state index is 0.417. The summed E-state index contributed by atoms with van der Waals surface area (Å²) in [5, 5.41) is 10.1. The van der Waals surface area contributed by atoms with Gasteiger partial charge in [0.1, 0.15) is 0 Å². The van der Waals surface area contributed by atoms with E-state index in [2.05, 4.69) is 38.8 Å². The summed E-state index contributed by atoms with van der Waals surface area (Å²) in [6, 6.07) is 10.5. The number of benzene rings is 1. The number of aliphatic hydroxyl groups excluding tert-OH is 1. The van der Waals surface area contributed by atoms with Crippen molar-refractivity contribution in [1.82, 2.24) is 5.32 Å². The fraction of sp³-hybridized carbons (Fsp3) is 0.455. The van der Waals surface area contributed by atoms with Crippen molar-refractivity contribution < 1.29 is 6.48 Å². The monoisotopic (exact) mass is 217 g/mol. The predicted octanol–water partition coefficient (Wildman–Crippen LogP) is 1.55. The molecule has 1 unspecified atom stereocenters. The van der Waals surface area contributed by atoms with Gasteiger partial charge in [-0.25, -0.2) is 0 Å². The lowest BCUT2D eigenvalue weighted by molar-refractivity contribution is 0.399. The van der Waals surface area contributed by atoms with Crippen molar-refractivity contribution in [2.24, 2.45) is 0 Å². The highest BCUT2D eigenvalue weighted by Gasteiger charge is 1.86. The van der Waals surface area contributed by atoms with Gasteiger partial charge in [0.2, 0.25) is 0 Å². The topological polar surface area (TPSA) is 32.3 Å². The molecule has 0 aliphatic rings. The first-order valence-corrected chi connectivity index (χ1v) is 5.29. The number of nitrogens with one attached hydrogen (secondary N) is 1. The number of likely N-dealkylation sites (N-methyl/N-ethyl adjacent to an activating group) is 1. The number of hydrogen-bond donors (Lipinski definition) is 2. The molecule has 2 N–H and O–H groups in total. The molecule has 0 aliphatic heterocycles. The third-order valence-electron chi connectivity index (χ3n) is 1.51. The molecule has 0 amide bonds. The summed E-state index contributed by atoms with van der Waals surface area (Å²) in [6.45, 7) is 1.48. The molecule has 1 rings (SSSR count). The van der Waals surface area contributed by atoms with E-state index in [0.717, 1.165) is 20.1 Å². The first-order chi connectivity index (χ1) is 7.35. The first kappa shape index (κ1) is 13.6. The Morgan fingerprint density at radius 3 is 2.29 bits per heavy atom. The zero-order valence-electron chi connectivity index (χ0n) is 10.0. The van der Waals surface area contributed by atoms with Crippen molar-refractivity contribution in [3.8, 4) is 0 Å². The fourth-order valence-electron chi connectivity index (χ4n) is 0.914. The smallest absolute Gasteiger partial charge is 0.0319 e. The fourth-order valence-corrected chi connectivity index (χ4v) is 0.914. The molecular weight excluding hydrogens is 193 g/mol. The summed E-state index contributed by atoms with van der Waals surface area (Å²) >= 11 is 0. The second kappa shape index (κ2) is 15.1. The average Bonchev–Trinajstić information content (AvgIpc) is 2.31. The molecule has 0 radical (unpaired) electrons. The van der Waals surface area contributed by atoms with Gasteiger partial charge >= 0.3 is 0 Å². The normalized spacial score (nSPS) is 8.71. The average molecular weight is 217 g/mol. The van der Waals surface area contributed by atoms with Gasteiger partial charge in [0, 0.05) is 8.48 Å². The van der Waals surface area contributed by atoms with E-state index in [1.165, 1.54) is 5.56 Å². The number of aliphatic hydroxyl groups is 1. The summed E-state index contributed by atoms with van der Waals surface area (Å²) in [6.07, 6.45) is 1.12. The molecule has 0 aliphatic carbocycles. The van der Waals surface area contributed by atoms with E-state index in [1.54, 1.807) is 0 Å². The van der Waals surface area contributed by atoms with Crippen LogP contribution < -0.4 is 5.32 Å². The lowest BCUT2D eigenvalue weighted by atomic mass is 10.2. The van der Waals surface area contributed by atoms with Crippen molar-refractivity contribution >= 4 is 9.24 Å². The maximum absolute atomic E-state index is 7.00. The minimum Gasteiger partial charge on any atom is -0.400 e. The lowest BCUT2D eigenvalue weighted by Crippen LogP contribution is -2.09. The molecule has 1 atom stereocenters. The van der Waals surface area contributed by atoms with Crippen LogP contribution in [0.1, 0.15) is 6.93 Å². The largest absolute Gasteiger partial charge is 0.400 e. The zero-order valence-corrected chi connectivity index (χ0v) is 10.2. The highest BCUT2D eigenvalue weighted by atomic mass is 31.0. The van der Waals surface area contributed by atoms with Crippen molar-refractivity contribution in [1.29, 1.82) is 0 Å². The van der Waals surface area contributed by atoms with Crippen molar-refractivity contribution in [3.05, 3.63) is 35.9 Å². The van der Waals surface area contributed by atoms with Gasteiger partial charge in [0.15, 0.2) is 0 Å².